The number of carbonyl (C=O) groups excluding carboxylic acids is 1. The smallest absolute Gasteiger partial charge is 0.260 e. The highest BCUT2D eigenvalue weighted by molar-refractivity contribution is 5.86. The SMILES string of the molecule is CC(F)(F)[C@]1(C)CN2CC[C@H](c3cc(F)cc(C#N)c3)N2C1=O. The van der Waals surface area contributed by atoms with Crippen LogP contribution in [0.5, 0.6) is 0 Å². The molecule has 0 radical (unpaired) electrons. The number of hydrogen-bond donors (Lipinski definition) is 0. The molecule has 3 rings (SSSR count). The van der Waals surface area contributed by atoms with E-state index in [4.69, 9.17) is 5.26 Å². The lowest BCUT2D eigenvalue weighted by atomic mass is 9.83. The van der Waals surface area contributed by atoms with Gasteiger partial charge in [-0.3, -0.25) is 9.80 Å². The number of fused-ring (bicyclic) bond motifs is 1. The lowest BCUT2D eigenvalue weighted by Gasteiger charge is -2.30. The molecule has 0 spiro atoms. The summed E-state index contributed by atoms with van der Waals surface area (Å²) in [6.07, 6.45) is 0.519. The summed E-state index contributed by atoms with van der Waals surface area (Å²) in [6, 6.07) is 5.21. The van der Waals surface area contributed by atoms with Crippen molar-refractivity contribution in [2.45, 2.75) is 32.2 Å². The van der Waals surface area contributed by atoms with Gasteiger partial charge in [-0.25, -0.2) is 18.2 Å². The Kier molecular flexibility index (Phi) is 3.41. The van der Waals surface area contributed by atoms with Gasteiger partial charge in [-0.05, 0) is 37.1 Å². The van der Waals surface area contributed by atoms with E-state index in [0.29, 0.717) is 18.5 Å². The summed E-state index contributed by atoms with van der Waals surface area (Å²) in [5, 5.41) is 11.9. The normalized spacial score (nSPS) is 28.1. The molecule has 1 amide bonds. The highest BCUT2D eigenvalue weighted by atomic mass is 19.3. The van der Waals surface area contributed by atoms with E-state index in [0.717, 1.165) is 13.0 Å². The lowest BCUT2D eigenvalue weighted by Crippen LogP contribution is -2.45. The molecule has 1 aromatic carbocycles. The van der Waals surface area contributed by atoms with Gasteiger partial charge in [0.2, 0.25) is 0 Å². The summed E-state index contributed by atoms with van der Waals surface area (Å²) in [6.45, 7) is 2.39. The van der Waals surface area contributed by atoms with Crippen molar-refractivity contribution in [3.05, 3.63) is 35.1 Å². The summed E-state index contributed by atoms with van der Waals surface area (Å²) in [4.78, 5) is 12.6. The Morgan fingerprint density at radius 2 is 2.09 bits per heavy atom. The molecule has 0 N–H and O–H groups in total. The predicted octanol–water partition coefficient (Wildman–Crippen LogP) is 2.86. The fourth-order valence-corrected chi connectivity index (χ4v) is 3.31. The highest BCUT2D eigenvalue weighted by Crippen LogP contribution is 2.48. The third-order valence-electron chi connectivity index (χ3n) is 4.84. The van der Waals surface area contributed by atoms with Gasteiger partial charge < -0.3 is 0 Å². The number of hydrogen-bond acceptors (Lipinski definition) is 3. The summed E-state index contributed by atoms with van der Waals surface area (Å²) >= 11 is 0. The molecule has 23 heavy (non-hydrogen) atoms. The molecule has 122 valence electrons. The quantitative estimate of drug-likeness (QED) is 0.841. The van der Waals surface area contributed by atoms with E-state index in [1.54, 1.807) is 5.01 Å². The zero-order valence-corrected chi connectivity index (χ0v) is 12.8. The topological polar surface area (TPSA) is 47.3 Å². The summed E-state index contributed by atoms with van der Waals surface area (Å²) in [5.74, 6) is -4.39. The third kappa shape index (κ3) is 2.29. The van der Waals surface area contributed by atoms with Crippen molar-refractivity contribution in [1.82, 2.24) is 10.0 Å². The fraction of sp³-hybridized carbons (Fsp3) is 0.500. The number of nitriles is 1. The van der Waals surface area contributed by atoms with Gasteiger partial charge in [0, 0.05) is 20.0 Å². The van der Waals surface area contributed by atoms with Crippen LogP contribution in [0, 0.1) is 22.6 Å². The molecular weight excluding hydrogens is 307 g/mol. The Morgan fingerprint density at radius 3 is 2.70 bits per heavy atom. The van der Waals surface area contributed by atoms with Crippen molar-refractivity contribution in [2.75, 3.05) is 13.1 Å². The van der Waals surface area contributed by atoms with Gasteiger partial charge in [0.15, 0.2) is 0 Å². The molecule has 7 heteroatoms. The Labute approximate surface area is 132 Å². The molecule has 0 unspecified atom stereocenters. The molecule has 2 fully saturated rings. The molecule has 2 aliphatic rings. The number of alkyl halides is 2. The minimum Gasteiger partial charge on any atom is -0.272 e. The second-order valence-corrected chi connectivity index (χ2v) is 6.45. The van der Waals surface area contributed by atoms with Crippen LogP contribution in [-0.2, 0) is 4.79 Å². The van der Waals surface area contributed by atoms with E-state index in [1.807, 2.05) is 6.07 Å². The van der Waals surface area contributed by atoms with Crippen molar-refractivity contribution in [3.8, 4) is 6.07 Å². The van der Waals surface area contributed by atoms with Gasteiger partial charge in [-0.2, -0.15) is 5.26 Å². The lowest BCUT2D eigenvalue weighted by molar-refractivity contribution is -0.156. The van der Waals surface area contributed by atoms with E-state index in [-0.39, 0.29) is 12.1 Å². The van der Waals surface area contributed by atoms with Gasteiger partial charge in [0.1, 0.15) is 11.2 Å². The van der Waals surface area contributed by atoms with Crippen molar-refractivity contribution >= 4 is 5.91 Å². The van der Waals surface area contributed by atoms with Crippen LogP contribution in [-0.4, -0.2) is 34.9 Å². The van der Waals surface area contributed by atoms with Gasteiger partial charge >= 0.3 is 0 Å². The fourth-order valence-electron chi connectivity index (χ4n) is 3.31. The largest absolute Gasteiger partial charge is 0.272 e. The first-order chi connectivity index (χ1) is 10.7. The van der Waals surface area contributed by atoms with E-state index in [1.165, 1.54) is 24.1 Å². The zero-order valence-electron chi connectivity index (χ0n) is 12.8. The molecule has 2 atom stereocenters. The van der Waals surface area contributed by atoms with Crippen LogP contribution < -0.4 is 0 Å². The summed E-state index contributed by atoms with van der Waals surface area (Å²) in [5.41, 5.74) is -1.19. The number of carbonyl (C=O) groups is 1. The minimum atomic E-state index is -3.15. The number of amides is 1. The van der Waals surface area contributed by atoms with Crippen LogP contribution >= 0.6 is 0 Å². The van der Waals surface area contributed by atoms with E-state index < -0.39 is 29.1 Å². The standard InChI is InChI=1S/C16H16F3N3O/c1-15(16(2,18)19)9-21-4-3-13(22(21)14(15)23)11-5-10(8-20)6-12(17)7-11/h5-7,13H,3-4,9H2,1-2H3/t13-,15-/m1/s1. The Balaban J connectivity index is 1.98. The van der Waals surface area contributed by atoms with Crippen molar-refractivity contribution in [2.24, 2.45) is 5.41 Å². The van der Waals surface area contributed by atoms with E-state index in [2.05, 4.69) is 0 Å². The molecule has 2 aliphatic heterocycles. The first-order valence-corrected chi connectivity index (χ1v) is 7.34. The van der Waals surface area contributed by atoms with Gasteiger partial charge in [0.05, 0.1) is 17.7 Å². The maximum atomic E-state index is 13.9. The van der Waals surface area contributed by atoms with Gasteiger partial charge in [-0.1, -0.05) is 0 Å². The van der Waals surface area contributed by atoms with Crippen molar-refractivity contribution in [1.29, 1.82) is 5.26 Å². The number of rotatable bonds is 2. The van der Waals surface area contributed by atoms with Crippen LogP contribution in [0.3, 0.4) is 0 Å². The first kappa shape index (κ1) is 15.8. The second-order valence-electron chi connectivity index (χ2n) is 6.45. The summed E-state index contributed by atoms with van der Waals surface area (Å²) in [7, 11) is 0. The van der Waals surface area contributed by atoms with Crippen molar-refractivity contribution < 1.29 is 18.0 Å². The molecule has 1 aromatic rings. The van der Waals surface area contributed by atoms with Crippen LogP contribution in [0.1, 0.15) is 37.4 Å². The summed E-state index contributed by atoms with van der Waals surface area (Å²) < 4.78 is 41.5. The number of benzene rings is 1. The van der Waals surface area contributed by atoms with Crippen molar-refractivity contribution in [3.63, 3.8) is 0 Å². The minimum absolute atomic E-state index is 0.0632. The van der Waals surface area contributed by atoms with Gasteiger partial charge in [0.25, 0.3) is 11.8 Å². The van der Waals surface area contributed by atoms with E-state index in [9.17, 15) is 18.0 Å². The van der Waals surface area contributed by atoms with Crippen LogP contribution in [0.4, 0.5) is 13.2 Å². The number of nitrogens with zero attached hydrogens (tertiary/aromatic N) is 3. The first-order valence-electron chi connectivity index (χ1n) is 7.34. The molecule has 4 nitrogen and oxygen atoms in total. The predicted molar refractivity (Wildman–Crippen MR) is 75.6 cm³/mol. The zero-order chi connectivity index (χ0) is 17.0. The Hall–Kier alpha value is -2.07. The third-order valence-corrected chi connectivity index (χ3v) is 4.84. The average Bonchev–Trinajstić information content (AvgIpc) is 2.97. The molecule has 2 saturated heterocycles. The average molecular weight is 323 g/mol. The highest BCUT2D eigenvalue weighted by Gasteiger charge is 2.62. The van der Waals surface area contributed by atoms with Crippen LogP contribution in [0.25, 0.3) is 0 Å². The number of halogens is 3. The molecule has 0 aliphatic carbocycles. The molecule has 0 aromatic heterocycles. The van der Waals surface area contributed by atoms with Crippen LogP contribution in [0.15, 0.2) is 18.2 Å². The van der Waals surface area contributed by atoms with Crippen LogP contribution in [0.2, 0.25) is 0 Å². The maximum Gasteiger partial charge on any atom is 0.260 e. The van der Waals surface area contributed by atoms with E-state index >= 15 is 0 Å². The molecule has 0 bridgehead atoms. The Bertz CT molecular complexity index is 710. The second kappa shape index (κ2) is 4.96. The number of hydrazine groups is 1. The molecule has 2 heterocycles. The molecular formula is C16H16F3N3O. The Morgan fingerprint density at radius 1 is 1.39 bits per heavy atom. The maximum absolute atomic E-state index is 13.9. The molecule has 0 saturated carbocycles. The monoisotopic (exact) mass is 323 g/mol. The van der Waals surface area contributed by atoms with Gasteiger partial charge in [-0.15, -0.1) is 0 Å².